The maximum Gasteiger partial charge on any atom is 0.320 e. The van der Waals surface area contributed by atoms with Gasteiger partial charge in [0.25, 0.3) is 0 Å². The van der Waals surface area contributed by atoms with Crippen molar-refractivity contribution in [2.45, 2.75) is 60.3 Å². The fraction of sp³-hybridized carbons (Fsp3) is 0.607. The van der Waals surface area contributed by atoms with E-state index in [9.17, 15) is 0 Å². The highest BCUT2D eigenvalue weighted by Crippen LogP contribution is 2.25. The van der Waals surface area contributed by atoms with Crippen LogP contribution < -0.4 is 15.1 Å². The number of nitrogens with zero attached hydrogens (tertiary/aromatic N) is 5. The Labute approximate surface area is 217 Å². The molecule has 0 amide bonds. The maximum absolute atomic E-state index is 6.02. The largest absolute Gasteiger partial charge is 0.462 e. The summed E-state index contributed by atoms with van der Waals surface area (Å²) < 4.78 is 11.5. The molecule has 1 N–H and O–H groups in total. The number of hydrazone groups is 1. The van der Waals surface area contributed by atoms with Crippen LogP contribution in [0.2, 0.25) is 0 Å². The Bertz CT molecular complexity index is 969. The number of rotatable bonds is 11. The molecule has 2 aliphatic rings. The fourth-order valence-corrected chi connectivity index (χ4v) is 4.47. The standard InChI is InChI=1S/C26H38N6O2.C2H6/c1-4-10-32(11-5-2)25-19-24(27-26(28-25)34-17-14-31-12-15-33-16-13-31)30-29-23-9-8-21-7-6-20(3)18-22(21)23;1-2/h6-7,18-19H,4-5,8-17H2,1-3H3,(H,27,28,30);1-2H3/b29-23+;. The second-order valence-electron chi connectivity index (χ2n) is 9.01. The maximum atomic E-state index is 6.02. The number of hydrogen-bond acceptors (Lipinski definition) is 8. The lowest BCUT2D eigenvalue weighted by Gasteiger charge is -2.26. The number of aryl methyl sites for hydroxylation is 2. The molecule has 0 radical (unpaired) electrons. The van der Waals surface area contributed by atoms with Gasteiger partial charge < -0.3 is 14.4 Å². The van der Waals surface area contributed by atoms with Crippen LogP contribution in [0.15, 0.2) is 29.4 Å². The van der Waals surface area contributed by atoms with Crippen molar-refractivity contribution >= 4 is 17.3 Å². The highest BCUT2D eigenvalue weighted by molar-refractivity contribution is 6.04. The second kappa shape index (κ2) is 14.8. The van der Waals surface area contributed by atoms with Gasteiger partial charge in [0.15, 0.2) is 5.82 Å². The summed E-state index contributed by atoms with van der Waals surface area (Å²) in [5.74, 6) is 1.54. The van der Waals surface area contributed by atoms with E-state index < -0.39 is 0 Å². The quantitative estimate of drug-likeness (QED) is 0.443. The first kappa shape index (κ1) is 27.9. The molecule has 0 atom stereocenters. The third-order valence-electron chi connectivity index (χ3n) is 6.26. The van der Waals surface area contributed by atoms with Gasteiger partial charge in [-0.15, -0.1) is 0 Å². The fourth-order valence-electron chi connectivity index (χ4n) is 4.47. The Balaban J connectivity index is 0.00000176. The third-order valence-corrected chi connectivity index (χ3v) is 6.26. The minimum Gasteiger partial charge on any atom is -0.462 e. The molecule has 0 spiro atoms. The Morgan fingerprint density at radius 2 is 1.81 bits per heavy atom. The molecule has 8 nitrogen and oxygen atoms in total. The van der Waals surface area contributed by atoms with Crippen LogP contribution in [0, 0.1) is 6.92 Å². The lowest BCUT2D eigenvalue weighted by molar-refractivity contribution is 0.0317. The lowest BCUT2D eigenvalue weighted by Crippen LogP contribution is -2.38. The zero-order chi connectivity index (χ0) is 25.8. The van der Waals surface area contributed by atoms with Crippen molar-refractivity contribution in [1.29, 1.82) is 0 Å². The van der Waals surface area contributed by atoms with Crippen LogP contribution in [0.1, 0.15) is 63.6 Å². The van der Waals surface area contributed by atoms with Gasteiger partial charge in [0.2, 0.25) is 0 Å². The van der Waals surface area contributed by atoms with Gasteiger partial charge in [-0.2, -0.15) is 15.1 Å². The van der Waals surface area contributed by atoms with Crippen molar-refractivity contribution < 1.29 is 9.47 Å². The number of aromatic nitrogens is 2. The number of fused-ring (bicyclic) bond motifs is 1. The van der Waals surface area contributed by atoms with Crippen LogP contribution in [0.25, 0.3) is 0 Å². The smallest absolute Gasteiger partial charge is 0.320 e. The number of nitrogens with one attached hydrogen (secondary N) is 1. The zero-order valence-electron chi connectivity index (χ0n) is 22.8. The topological polar surface area (TPSA) is 75.1 Å². The minimum absolute atomic E-state index is 0.397. The molecule has 0 unspecified atom stereocenters. The van der Waals surface area contributed by atoms with E-state index in [1.165, 1.54) is 16.7 Å². The molecule has 8 heteroatoms. The first-order valence-electron chi connectivity index (χ1n) is 13.7. The number of morpholine rings is 1. The van der Waals surface area contributed by atoms with E-state index in [4.69, 9.17) is 19.6 Å². The summed E-state index contributed by atoms with van der Waals surface area (Å²) in [5, 5.41) is 4.74. The molecule has 1 saturated heterocycles. The summed E-state index contributed by atoms with van der Waals surface area (Å²) >= 11 is 0. The van der Waals surface area contributed by atoms with E-state index >= 15 is 0 Å². The molecule has 1 fully saturated rings. The van der Waals surface area contributed by atoms with E-state index in [1.807, 2.05) is 19.9 Å². The second-order valence-corrected chi connectivity index (χ2v) is 9.01. The van der Waals surface area contributed by atoms with E-state index in [0.29, 0.717) is 18.4 Å². The summed E-state index contributed by atoms with van der Waals surface area (Å²) in [6, 6.07) is 8.98. The SMILES string of the molecule is CC.CCCN(CCC)c1cc(N/N=C2\CCc3ccc(C)cc32)nc(OCCN2CCOCC2)n1. The highest BCUT2D eigenvalue weighted by atomic mass is 16.5. The van der Waals surface area contributed by atoms with Gasteiger partial charge in [0, 0.05) is 44.4 Å². The van der Waals surface area contributed by atoms with Crippen molar-refractivity contribution in [3.8, 4) is 6.01 Å². The molecule has 1 aliphatic carbocycles. The van der Waals surface area contributed by atoms with Crippen molar-refractivity contribution in [2.24, 2.45) is 5.10 Å². The molecule has 0 bridgehead atoms. The van der Waals surface area contributed by atoms with E-state index in [0.717, 1.165) is 83.2 Å². The molecule has 4 rings (SSSR count). The normalized spacial score (nSPS) is 16.3. The van der Waals surface area contributed by atoms with E-state index in [2.05, 4.69) is 59.2 Å². The van der Waals surface area contributed by atoms with Gasteiger partial charge in [-0.3, -0.25) is 10.3 Å². The number of hydrogen-bond donors (Lipinski definition) is 1. The lowest BCUT2D eigenvalue weighted by atomic mass is 10.1. The van der Waals surface area contributed by atoms with Crippen LogP contribution in [0.5, 0.6) is 6.01 Å². The van der Waals surface area contributed by atoms with Crippen molar-refractivity contribution in [1.82, 2.24) is 14.9 Å². The summed E-state index contributed by atoms with van der Waals surface area (Å²) in [6.07, 6.45) is 4.07. The molecule has 2 heterocycles. The van der Waals surface area contributed by atoms with Gasteiger partial charge in [-0.1, -0.05) is 45.4 Å². The summed E-state index contributed by atoms with van der Waals surface area (Å²) in [6.45, 7) is 17.2. The third kappa shape index (κ3) is 7.90. The molecule has 1 aliphatic heterocycles. The highest BCUT2D eigenvalue weighted by Gasteiger charge is 2.18. The molecular weight excluding hydrogens is 452 g/mol. The average molecular weight is 497 g/mol. The van der Waals surface area contributed by atoms with Gasteiger partial charge in [-0.25, -0.2) is 0 Å². The predicted molar refractivity (Wildman–Crippen MR) is 149 cm³/mol. The molecule has 0 saturated carbocycles. The molecule has 1 aromatic heterocycles. The number of benzene rings is 1. The van der Waals surface area contributed by atoms with Crippen LogP contribution in [-0.4, -0.2) is 73.1 Å². The summed E-state index contributed by atoms with van der Waals surface area (Å²) in [5.41, 5.74) is 8.14. The van der Waals surface area contributed by atoms with Crippen LogP contribution in [0.3, 0.4) is 0 Å². The van der Waals surface area contributed by atoms with Gasteiger partial charge in [0.1, 0.15) is 12.4 Å². The van der Waals surface area contributed by atoms with Gasteiger partial charge >= 0.3 is 6.01 Å². The molecule has 2 aromatic rings. The van der Waals surface area contributed by atoms with Crippen molar-refractivity contribution in [3.63, 3.8) is 0 Å². The van der Waals surface area contributed by atoms with Crippen LogP contribution in [-0.2, 0) is 11.2 Å². The molecule has 198 valence electrons. The van der Waals surface area contributed by atoms with E-state index in [-0.39, 0.29) is 0 Å². The van der Waals surface area contributed by atoms with E-state index in [1.54, 1.807) is 0 Å². The van der Waals surface area contributed by atoms with Gasteiger partial charge in [0.05, 0.1) is 18.9 Å². The monoisotopic (exact) mass is 496 g/mol. The Morgan fingerprint density at radius 1 is 1.06 bits per heavy atom. The van der Waals surface area contributed by atoms with Crippen LogP contribution >= 0.6 is 0 Å². The first-order valence-corrected chi connectivity index (χ1v) is 13.7. The Kier molecular flexibility index (Phi) is 11.4. The van der Waals surface area contributed by atoms with Crippen molar-refractivity contribution in [3.05, 3.63) is 41.0 Å². The van der Waals surface area contributed by atoms with Crippen molar-refractivity contribution in [2.75, 3.05) is 62.9 Å². The van der Waals surface area contributed by atoms with Crippen LogP contribution in [0.4, 0.5) is 11.6 Å². The zero-order valence-corrected chi connectivity index (χ0v) is 22.8. The summed E-state index contributed by atoms with van der Waals surface area (Å²) in [4.78, 5) is 14.0. The Hall–Kier alpha value is -2.71. The van der Waals surface area contributed by atoms with Gasteiger partial charge in [-0.05, 0) is 44.2 Å². The Morgan fingerprint density at radius 3 is 2.53 bits per heavy atom. The molecule has 36 heavy (non-hydrogen) atoms. The summed E-state index contributed by atoms with van der Waals surface area (Å²) in [7, 11) is 0. The predicted octanol–water partition coefficient (Wildman–Crippen LogP) is 4.91. The molecule has 1 aromatic carbocycles. The minimum atomic E-state index is 0.397. The average Bonchev–Trinajstić information content (AvgIpc) is 3.31. The number of ether oxygens (including phenoxy) is 2. The number of anilines is 2. The first-order chi connectivity index (χ1) is 17.7. The molecular formula is C28H44N6O2.